The summed E-state index contributed by atoms with van der Waals surface area (Å²) in [5.74, 6) is -2.67. The fourth-order valence-corrected chi connectivity index (χ4v) is 3.10. The summed E-state index contributed by atoms with van der Waals surface area (Å²) in [5.41, 5.74) is 7.60. The van der Waals surface area contributed by atoms with Crippen molar-refractivity contribution in [3.8, 4) is 5.75 Å². The molecule has 1 aliphatic heterocycles. The summed E-state index contributed by atoms with van der Waals surface area (Å²) in [7, 11) is 0. The molecule has 1 fully saturated rings. The van der Waals surface area contributed by atoms with Gasteiger partial charge >= 0.3 is 12.1 Å². The summed E-state index contributed by atoms with van der Waals surface area (Å²) in [6, 6.07) is 13.6. The zero-order valence-electron chi connectivity index (χ0n) is 14.9. The Morgan fingerprint density at radius 2 is 1.72 bits per heavy atom. The number of carboxylic acids is 1. The van der Waals surface area contributed by atoms with E-state index in [4.69, 9.17) is 27.2 Å². The molecule has 0 saturated carbocycles. The lowest BCUT2D eigenvalue weighted by Crippen LogP contribution is -2.37. The second-order valence-corrected chi connectivity index (χ2v) is 6.72. The SMILES string of the molecule is N[C@H]1CCN(C(c2cccc(O)c2)c2cccc(Cl)c2)C1=O.O=C(O)C(F)(F)F. The molecule has 2 aromatic carbocycles. The molecule has 0 aliphatic carbocycles. The highest BCUT2D eigenvalue weighted by Crippen LogP contribution is 2.34. The molecule has 29 heavy (non-hydrogen) atoms. The molecule has 1 amide bonds. The predicted octanol–water partition coefficient (Wildman–Crippen LogP) is 3.33. The van der Waals surface area contributed by atoms with Gasteiger partial charge in [0.15, 0.2) is 0 Å². The molecule has 0 radical (unpaired) electrons. The highest BCUT2D eigenvalue weighted by atomic mass is 35.5. The number of phenolic OH excluding ortho intramolecular Hbond substituents is 1. The number of amides is 1. The van der Waals surface area contributed by atoms with Crippen molar-refractivity contribution >= 4 is 23.5 Å². The standard InChI is InChI=1S/C17H17ClN2O2.C2HF3O2/c18-13-5-1-3-11(9-13)16(12-4-2-6-14(21)10-12)20-8-7-15(19)17(20)22;3-2(4,5)1(6)7/h1-6,9-10,15-16,21H,7-8,19H2;(H,6,7)/t15-,16?;/m0./s1. The van der Waals surface area contributed by atoms with Crippen molar-refractivity contribution in [3.05, 3.63) is 64.7 Å². The van der Waals surface area contributed by atoms with Crippen molar-refractivity contribution in [2.24, 2.45) is 5.73 Å². The third-order valence-corrected chi connectivity index (χ3v) is 4.42. The minimum absolute atomic E-state index is 0.0756. The molecule has 156 valence electrons. The zero-order valence-corrected chi connectivity index (χ0v) is 15.7. The highest BCUT2D eigenvalue weighted by Gasteiger charge is 2.38. The van der Waals surface area contributed by atoms with Gasteiger partial charge < -0.3 is 20.8 Å². The van der Waals surface area contributed by atoms with E-state index in [0.29, 0.717) is 18.0 Å². The Labute approximate surface area is 169 Å². The van der Waals surface area contributed by atoms with Gasteiger partial charge in [0.1, 0.15) is 5.75 Å². The molecule has 1 saturated heterocycles. The summed E-state index contributed by atoms with van der Waals surface area (Å²) >= 11 is 6.10. The fraction of sp³-hybridized carbons (Fsp3) is 0.263. The maximum atomic E-state index is 12.4. The van der Waals surface area contributed by atoms with E-state index in [0.717, 1.165) is 11.1 Å². The van der Waals surface area contributed by atoms with Crippen molar-refractivity contribution in [1.29, 1.82) is 0 Å². The Morgan fingerprint density at radius 1 is 1.17 bits per heavy atom. The van der Waals surface area contributed by atoms with E-state index in [9.17, 15) is 23.1 Å². The lowest BCUT2D eigenvalue weighted by atomic mass is 9.97. The number of carboxylic acid groups (broad SMARTS) is 1. The number of carbonyl (C=O) groups excluding carboxylic acids is 1. The van der Waals surface area contributed by atoms with Gasteiger partial charge in [0.25, 0.3) is 0 Å². The molecular formula is C19H18ClF3N2O4. The van der Waals surface area contributed by atoms with Gasteiger partial charge in [0, 0.05) is 11.6 Å². The minimum atomic E-state index is -5.08. The molecule has 1 aliphatic rings. The summed E-state index contributed by atoms with van der Waals surface area (Å²) in [6.45, 7) is 0.590. The Hall–Kier alpha value is -2.78. The molecule has 3 rings (SSSR count). The number of rotatable bonds is 3. The maximum absolute atomic E-state index is 12.4. The Morgan fingerprint density at radius 3 is 2.17 bits per heavy atom. The van der Waals surface area contributed by atoms with Crippen LogP contribution in [0.25, 0.3) is 0 Å². The monoisotopic (exact) mass is 430 g/mol. The maximum Gasteiger partial charge on any atom is 0.490 e. The Bertz CT molecular complexity index is 846. The van der Waals surface area contributed by atoms with Gasteiger partial charge in [0.2, 0.25) is 5.91 Å². The van der Waals surface area contributed by atoms with Crippen LogP contribution in [-0.2, 0) is 9.59 Å². The van der Waals surface area contributed by atoms with Crippen molar-refractivity contribution in [3.63, 3.8) is 0 Å². The smallest absolute Gasteiger partial charge is 0.490 e. The van der Waals surface area contributed by atoms with Crippen LogP contribution in [0.3, 0.4) is 0 Å². The highest BCUT2D eigenvalue weighted by molar-refractivity contribution is 6.30. The molecule has 2 aromatic rings. The predicted molar refractivity (Wildman–Crippen MR) is 99.4 cm³/mol. The van der Waals surface area contributed by atoms with Crippen LogP contribution < -0.4 is 5.73 Å². The van der Waals surface area contributed by atoms with E-state index in [1.54, 1.807) is 29.2 Å². The molecule has 4 N–H and O–H groups in total. The minimum Gasteiger partial charge on any atom is -0.508 e. The van der Waals surface area contributed by atoms with E-state index in [1.165, 1.54) is 0 Å². The van der Waals surface area contributed by atoms with Crippen LogP contribution in [0.5, 0.6) is 5.75 Å². The first-order valence-corrected chi connectivity index (χ1v) is 8.79. The van der Waals surface area contributed by atoms with Crippen molar-refractivity contribution in [1.82, 2.24) is 4.90 Å². The second-order valence-electron chi connectivity index (χ2n) is 6.28. The quantitative estimate of drug-likeness (QED) is 0.693. The van der Waals surface area contributed by atoms with E-state index in [-0.39, 0.29) is 17.7 Å². The third kappa shape index (κ3) is 5.85. The lowest BCUT2D eigenvalue weighted by Gasteiger charge is -2.29. The average molecular weight is 431 g/mol. The van der Waals surface area contributed by atoms with Crippen LogP contribution in [-0.4, -0.2) is 45.8 Å². The number of benzene rings is 2. The van der Waals surface area contributed by atoms with Gasteiger partial charge in [-0.05, 0) is 41.8 Å². The number of nitrogens with zero attached hydrogens (tertiary/aromatic N) is 1. The van der Waals surface area contributed by atoms with Crippen molar-refractivity contribution in [2.75, 3.05) is 6.54 Å². The van der Waals surface area contributed by atoms with Crippen LogP contribution >= 0.6 is 11.6 Å². The number of aromatic hydroxyl groups is 1. The molecule has 0 aromatic heterocycles. The summed E-state index contributed by atoms with van der Waals surface area (Å²) in [6.07, 6.45) is -4.45. The van der Waals surface area contributed by atoms with E-state index >= 15 is 0 Å². The number of aliphatic carboxylic acids is 1. The molecule has 0 spiro atoms. The second kappa shape index (κ2) is 9.15. The van der Waals surface area contributed by atoms with E-state index in [2.05, 4.69) is 0 Å². The Balaban J connectivity index is 0.000000370. The van der Waals surface area contributed by atoms with E-state index in [1.807, 2.05) is 24.3 Å². The van der Waals surface area contributed by atoms with E-state index < -0.39 is 18.2 Å². The summed E-state index contributed by atoms with van der Waals surface area (Å²) < 4.78 is 31.7. The largest absolute Gasteiger partial charge is 0.508 e. The molecule has 6 nitrogen and oxygen atoms in total. The number of hydrogen-bond acceptors (Lipinski definition) is 4. The lowest BCUT2D eigenvalue weighted by molar-refractivity contribution is -0.192. The van der Waals surface area contributed by atoms with Crippen LogP contribution in [0, 0.1) is 0 Å². The number of phenols is 1. The third-order valence-electron chi connectivity index (χ3n) is 4.19. The van der Waals surface area contributed by atoms with Crippen LogP contribution in [0.4, 0.5) is 13.2 Å². The van der Waals surface area contributed by atoms with Gasteiger partial charge in [-0.2, -0.15) is 13.2 Å². The van der Waals surface area contributed by atoms with Gasteiger partial charge in [-0.15, -0.1) is 0 Å². The number of hydrogen-bond donors (Lipinski definition) is 3. The summed E-state index contributed by atoms with van der Waals surface area (Å²) in [4.78, 5) is 23.0. The number of nitrogens with two attached hydrogens (primary N) is 1. The summed E-state index contributed by atoms with van der Waals surface area (Å²) in [5, 5.41) is 17.5. The van der Waals surface area contributed by atoms with Crippen LogP contribution in [0.2, 0.25) is 5.02 Å². The van der Waals surface area contributed by atoms with Gasteiger partial charge in [-0.3, -0.25) is 4.79 Å². The van der Waals surface area contributed by atoms with Gasteiger partial charge in [-0.1, -0.05) is 35.9 Å². The van der Waals surface area contributed by atoms with Crippen molar-refractivity contribution in [2.45, 2.75) is 24.7 Å². The first kappa shape index (κ1) is 22.5. The molecule has 1 unspecified atom stereocenters. The molecule has 0 bridgehead atoms. The first-order chi connectivity index (χ1) is 13.5. The molecule has 10 heteroatoms. The van der Waals surface area contributed by atoms with Crippen LogP contribution in [0.15, 0.2) is 48.5 Å². The number of alkyl halides is 3. The van der Waals surface area contributed by atoms with Gasteiger partial charge in [-0.25, -0.2) is 4.79 Å². The topological polar surface area (TPSA) is 104 Å². The number of carbonyl (C=O) groups is 2. The average Bonchev–Trinajstić information content (AvgIpc) is 2.95. The van der Waals surface area contributed by atoms with Gasteiger partial charge in [0.05, 0.1) is 12.1 Å². The first-order valence-electron chi connectivity index (χ1n) is 8.41. The van der Waals surface area contributed by atoms with Crippen LogP contribution in [0.1, 0.15) is 23.6 Å². The molecular weight excluding hydrogens is 413 g/mol. The number of halogens is 4. The normalized spacial score (nSPS) is 17.5. The molecule has 1 heterocycles. The molecule has 2 atom stereocenters. The van der Waals surface area contributed by atoms with Crippen molar-refractivity contribution < 1.29 is 33.0 Å². The zero-order chi connectivity index (χ0) is 21.8. The number of likely N-dealkylation sites (tertiary alicyclic amines) is 1. The Kier molecular flexibility index (Phi) is 7.10. The fourth-order valence-electron chi connectivity index (χ4n) is 2.91.